The molecular formula is C13H16N3O2S+. The van der Waals surface area contributed by atoms with Crippen LogP contribution < -0.4 is 10.2 Å². The van der Waals surface area contributed by atoms with Crippen LogP contribution in [0.3, 0.4) is 0 Å². The van der Waals surface area contributed by atoms with Gasteiger partial charge in [-0.15, -0.1) is 0 Å². The summed E-state index contributed by atoms with van der Waals surface area (Å²) in [5.74, 6) is 0. The second-order valence-electron chi connectivity index (χ2n) is 4.63. The van der Waals surface area contributed by atoms with Crippen LogP contribution in [-0.4, -0.2) is 23.5 Å². The minimum atomic E-state index is 0.479. The molecule has 19 heavy (non-hydrogen) atoms. The maximum atomic E-state index is 11.7. The molecule has 1 aliphatic heterocycles. The Kier molecular flexibility index (Phi) is 3.70. The van der Waals surface area contributed by atoms with Gasteiger partial charge in [-0.2, -0.15) is 0 Å². The van der Waals surface area contributed by atoms with Crippen molar-refractivity contribution in [3.05, 3.63) is 35.5 Å². The SMILES string of the molecule is [O-][n+]1onc(-c2ccccc2)c1SC1CC[NH2+]CC1. The van der Waals surface area contributed by atoms with Crippen molar-refractivity contribution in [2.45, 2.75) is 23.1 Å². The first-order chi connectivity index (χ1) is 9.34. The Balaban J connectivity index is 1.86. The molecule has 1 aromatic heterocycles. The number of nitrogens with two attached hydrogens (primary N) is 1. The van der Waals surface area contributed by atoms with Crippen molar-refractivity contribution in [2.75, 3.05) is 13.1 Å². The summed E-state index contributed by atoms with van der Waals surface area (Å²) < 4.78 is 4.77. The van der Waals surface area contributed by atoms with Crippen molar-refractivity contribution >= 4 is 11.8 Å². The lowest BCUT2D eigenvalue weighted by atomic mass is 10.2. The molecule has 5 nitrogen and oxygen atoms in total. The molecule has 0 radical (unpaired) electrons. The van der Waals surface area contributed by atoms with Crippen molar-refractivity contribution < 1.29 is 14.8 Å². The van der Waals surface area contributed by atoms with E-state index in [1.54, 1.807) is 11.8 Å². The predicted molar refractivity (Wildman–Crippen MR) is 71.4 cm³/mol. The molecule has 2 aromatic rings. The molecule has 0 amide bonds. The third kappa shape index (κ3) is 2.74. The second kappa shape index (κ2) is 5.63. The van der Waals surface area contributed by atoms with E-state index in [0.29, 0.717) is 20.9 Å². The maximum Gasteiger partial charge on any atom is 0.262 e. The predicted octanol–water partition coefficient (Wildman–Crippen LogP) is 0.793. The van der Waals surface area contributed by atoms with Gasteiger partial charge in [-0.05, 0) is 4.90 Å². The lowest BCUT2D eigenvalue weighted by molar-refractivity contribution is -0.831. The van der Waals surface area contributed by atoms with Crippen molar-refractivity contribution in [1.29, 1.82) is 0 Å². The van der Waals surface area contributed by atoms with Gasteiger partial charge in [0.05, 0.1) is 13.1 Å². The molecule has 1 fully saturated rings. The molecule has 2 N–H and O–H groups in total. The molecule has 1 aromatic carbocycles. The van der Waals surface area contributed by atoms with Gasteiger partial charge in [0.25, 0.3) is 10.7 Å². The molecule has 100 valence electrons. The van der Waals surface area contributed by atoms with Crippen LogP contribution in [0.15, 0.2) is 40.0 Å². The molecule has 0 bridgehead atoms. The van der Waals surface area contributed by atoms with Crippen molar-refractivity contribution in [2.24, 2.45) is 0 Å². The number of quaternary nitrogens is 1. The monoisotopic (exact) mass is 278 g/mol. The van der Waals surface area contributed by atoms with E-state index >= 15 is 0 Å². The van der Waals surface area contributed by atoms with Crippen LogP contribution in [0, 0.1) is 5.21 Å². The van der Waals surface area contributed by atoms with Crippen LogP contribution in [0.1, 0.15) is 12.8 Å². The third-order valence-corrected chi connectivity index (χ3v) is 4.66. The van der Waals surface area contributed by atoms with Crippen LogP contribution >= 0.6 is 11.8 Å². The first-order valence-electron chi connectivity index (χ1n) is 6.48. The fourth-order valence-electron chi connectivity index (χ4n) is 2.28. The van der Waals surface area contributed by atoms with E-state index in [2.05, 4.69) is 10.5 Å². The third-order valence-electron chi connectivity index (χ3n) is 3.29. The van der Waals surface area contributed by atoms with E-state index in [4.69, 9.17) is 4.63 Å². The highest BCUT2D eigenvalue weighted by atomic mass is 32.2. The van der Waals surface area contributed by atoms with Gasteiger partial charge in [0, 0.05) is 28.8 Å². The van der Waals surface area contributed by atoms with Gasteiger partial charge in [0.15, 0.2) is 0 Å². The summed E-state index contributed by atoms with van der Waals surface area (Å²) in [5.41, 5.74) is 1.57. The molecule has 0 saturated carbocycles. The normalized spacial score (nSPS) is 16.6. The zero-order chi connectivity index (χ0) is 13.1. The fourth-order valence-corrected chi connectivity index (χ4v) is 3.49. The van der Waals surface area contributed by atoms with Crippen LogP contribution in [0.2, 0.25) is 0 Å². The second-order valence-corrected chi connectivity index (χ2v) is 5.92. The number of hydrogen-bond donors (Lipinski definition) is 1. The quantitative estimate of drug-likeness (QED) is 0.843. The van der Waals surface area contributed by atoms with Gasteiger partial charge in [-0.3, -0.25) is 4.63 Å². The van der Waals surface area contributed by atoms with E-state index in [1.165, 1.54) is 0 Å². The highest BCUT2D eigenvalue weighted by Gasteiger charge is 2.26. The van der Waals surface area contributed by atoms with Crippen molar-refractivity contribution in [3.8, 4) is 11.3 Å². The Morgan fingerprint density at radius 3 is 2.74 bits per heavy atom. The summed E-state index contributed by atoms with van der Waals surface area (Å²) in [4.78, 5) is 0.533. The van der Waals surface area contributed by atoms with Crippen LogP contribution in [-0.2, 0) is 0 Å². The number of thioether (sulfide) groups is 1. The van der Waals surface area contributed by atoms with Crippen molar-refractivity contribution in [3.63, 3.8) is 0 Å². The van der Waals surface area contributed by atoms with Gasteiger partial charge < -0.3 is 10.5 Å². The molecule has 3 rings (SSSR count). The van der Waals surface area contributed by atoms with E-state index in [0.717, 1.165) is 31.5 Å². The summed E-state index contributed by atoms with van der Waals surface area (Å²) >= 11 is 1.59. The number of rotatable bonds is 3. The minimum Gasteiger partial charge on any atom is -0.359 e. The molecule has 0 aliphatic carbocycles. The lowest BCUT2D eigenvalue weighted by Gasteiger charge is -2.18. The molecule has 0 spiro atoms. The van der Waals surface area contributed by atoms with Gasteiger partial charge in [0.2, 0.25) is 0 Å². The Morgan fingerprint density at radius 1 is 1.26 bits per heavy atom. The number of piperidine rings is 1. The first-order valence-corrected chi connectivity index (χ1v) is 7.36. The summed E-state index contributed by atoms with van der Waals surface area (Å²) in [6.45, 7) is 2.25. The average molecular weight is 278 g/mol. The highest BCUT2D eigenvalue weighted by molar-refractivity contribution is 7.99. The molecule has 0 atom stereocenters. The summed E-state index contributed by atoms with van der Waals surface area (Å²) in [5, 5.41) is 19.0. The van der Waals surface area contributed by atoms with E-state index < -0.39 is 0 Å². The summed E-state index contributed by atoms with van der Waals surface area (Å²) in [6, 6.07) is 9.69. The van der Waals surface area contributed by atoms with Crippen LogP contribution in [0.5, 0.6) is 0 Å². The molecule has 6 heteroatoms. The van der Waals surface area contributed by atoms with E-state index in [9.17, 15) is 5.21 Å². The van der Waals surface area contributed by atoms with E-state index in [-0.39, 0.29) is 0 Å². The van der Waals surface area contributed by atoms with E-state index in [1.807, 2.05) is 30.3 Å². The summed E-state index contributed by atoms with van der Waals surface area (Å²) in [7, 11) is 0. The van der Waals surface area contributed by atoms with Crippen LogP contribution in [0.4, 0.5) is 0 Å². The largest absolute Gasteiger partial charge is 0.359 e. The van der Waals surface area contributed by atoms with Gasteiger partial charge in [0.1, 0.15) is 0 Å². The Morgan fingerprint density at radius 2 is 2.00 bits per heavy atom. The Labute approximate surface area is 115 Å². The number of nitrogens with zero attached hydrogens (tertiary/aromatic N) is 2. The highest BCUT2D eigenvalue weighted by Crippen LogP contribution is 2.32. The fraction of sp³-hybridized carbons (Fsp3) is 0.385. The Hall–Kier alpha value is -1.53. The average Bonchev–Trinajstić information content (AvgIpc) is 2.82. The standard InChI is InChI=1S/C13H15N3O2S/c17-16-13(19-11-6-8-14-9-7-11)12(15-18-16)10-4-2-1-3-5-10/h1-5,11,14H,6-9H2/p+1. The molecule has 1 saturated heterocycles. The number of hydrogen-bond acceptors (Lipinski definition) is 4. The van der Waals surface area contributed by atoms with Crippen LogP contribution in [0.25, 0.3) is 11.3 Å². The van der Waals surface area contributed by atoms with Crippen molar-refractivity contribution in [1.82, 2.24) is 5.16 Å². The molecular weight excluding hydrogens is 262 g/mol. The number of aromatic nitrogens is 2. The molecule has 2 heterocycles. The van der Waals surface area contributed by atoms with Gasteiger partial charge in [-0.25, -0.2) is 0 Å². The van der Waals surface area contributed by atoms with Gasteiger partial charge >= 0.3 is 0 Å². The van der Waals surface area contributed by atoms with Gasteiger partial charge in [-0.1, -0.05) is 42.1 Å². The lowest BCUT2D eigenvalue weighted by Crippen LogP contribution is -2.86. The minimum absolute atomic E-state index is 0.479. The smallest absolute Gasteiger partial charge is 0.262 e. The molecule has 0 unspecified atom stereocenters. The topological polar surface area (TPSA) is 69.6 Å². The number of benzene rings is 1. The summed E-state index contributed by atoms with van der Waals surface area (Å²) in [6.07, 6.45) is 2.23. The Bertz CT molecular complexity index is 538. The molecule has 1 aliphatic rings. The zero-order valence-corrected chi connectivity index (χ0v) is 11.3. The first kappa shape index (κ1) is 12.5. The maximum absolute atomic E-state index is 11.7. The zero-order valence-electron chi connectivity index (χ0n) is 10.5.